The molecule has 4 nitrogen and oxygen atoms in total. The fourth-order valence-corrected chi connectivity index (χ4v) is 8.56. The maximum atomic E-state index is 12.8. The van der Waals surface area contributed by atoms with Crippen molar-refractivity contribution in [2.24, 2.45) is 27.6 Å². The number of ether oxygens (including phenoxy) is 1. The van der Waals surface area contributed by atoms with Crippen LogP contribution in [0.1, 0.15) is 89.8 Å². The number of phenolic OH excluding ortho intramolecular Hbond substituents is 2. The van der Waals surface area contributed by atoms with Crippen molar-refractivity contribution in [2.45, 2.75) is 85.5 Å². The number of benzene rings is 1. The van der Waals surface area contributed by atoms with E-state index in [4.69, 9.17) is 4.74 Å². The van der Waals surface area contributed by atoms with Gasteiger partial charge in [-0.2, -0.15) is 0 Å². The van der Waals surface area contributed by atoms with Crippen LogP contribution in [0.3, 0.4) is 0 Å². The van der Waals surface area contributed by atoms with E-state index in [0.29, 0.717) is 5.92 Å². The van der Waals surface area contributed by atoms with Crippen molar-refractivity contribution in [2.75, 3.05) is 7.11 Å². The van der Waals surface area contributed by atoms with Crippen LogP contribution >= 0.6 is 0 Å². The molecule has 0 aliphatic heterocycles. The highest BCUT2D eigenvalue weighted by Gasteiger charge is 2.64. The molecule has 184 valence electrons. The number of allylic oxidation sites excluding steroid dienone is 3. The van der Waals surface area contributed by atoms with E-state index < -0.39 is 5.41 Å². The molecule has 0 heterocycles. The monoisotopic (exact) mass is 464 g/mol. The molecule has 0 aromatic heterocycles. The maximum Gasteiger partial charge on any atom is 0.311 e. The van der Waals surface area contributed by atoms with Crippen molar-refractivity contribution >= 4 is 12.0 Å². The van der Waals surface area contributed by atoms with Crippen molar-refractivity contribution in [1.29, 1.82) is 0 Å². The molecular formula is C30H40O4. The van der Waals surface area contributed by atoms with Gasteiger partial charge in [0, 0.05) is 16.4 Å². The highest BCUT2D eigenvalue weighted by molar-refractivity contribution is 5.76. The summed E-state index contributed by atoms with van der Waals surface area (Å²) >= 11 is 0. The second-order valence-corrected chi connectivity index (χ2v) is 12.9. The Morgan fingerprint density at radius 1 is 1.06 bits per heavy atom. The Bertz CT molecular complexity index is 1150. The molecule has 4 heteroatoms. The van der Waals surface area contributed by atoms with Gasteiger partial charge in [-0.15, -0.1) is 0 Å². The first-order valence-electron chi connectivity index (χ1n) is 12.8. The maximum absolute atomic E-state index is 12.8. The van der Waals surface area contributed by atoms with Crippen LogP contribution in [-0.2, 0) is 14.9 Å². The Kier molecular flexibility index (Phi) is 4.79. The molecule has 2 fully saturated rings. The predicted octanol–water partition coefficient (Wildman–Crippen LogP) is 6.81. The molecule has 0 radical (unpaired) electrons. The summed E-state index contributed by atoms with van der Waals surface area (Å²) in [4.78, 5) is 12.8. The standard InChI is InChI=1S/C30H40O4/c1-18-19-8-11-30(6)22-9-10-26(2)12-13-27(3,25(33)34-7)17-23(26)28(22,4)14-15-29(30,5)20(19)16-21(31)24(18)32/h8-9,11,16,23,31-32H,10,12-15,17H2,1-7H3/t23-,26+,27-,28-,29+,30+/m1/s1. The van der Waals surface area contributed by atoms with Crippen LogP contribution in [0, 0.1) is 34.5 Å². The second kappa shape index (κ2) is 6.92. The van der Waals surface area contributed by atoms with E-state index in [0.717, 1.165) is 55.2 Å². The molecule has 0 amide bonds. The molecule has 1 aromatic carbocycles. The van der Waals surface area contributed by atoms with Crippen molar-refractivity contribution in [1.82, 2.24) is 0 Å². The van der Waals surface area contributed by atoms with Gasteiger partial charge >= 0.3 is 5.97 Å². The average molecular weight is 465 g/mol. The van der Waals surface area contributed by atoms with E-state index in [2.05, 4.69) is 52.8 Å². The summed E-state index contributed by atoms with van der Waals surface area (Å²) in [5.41, 5.74) is 3.75. The Hall–Kier alpha value is -2.23. The predicted molar refractivity (Wildman–Crippen MR) is 135 cm³/mol. The molecule has 2 saturated carbocycles. The number of phenols is 2. The Balaban J connectivity index is 1.64. The van der Waals surface area contributed by atoms with Gasteiger partial charge in [-0.25, -0.2) is 0 Å². The number of aromatic hydroxyl groups is 2. The Morgan fingerprint density at radius 3 is 2.44 bits per heavy atom. The summed E-state index contributed by atoms with van der Waals surface area (Å²) < 4.78 is 5.26. The molecule has 4 aliphatic carbocycles. The first-order valence-corrected chi connectivity index (χ1v) is 12.8. The van der Waals surface area contributed by atoms with Gasteiger partial charge in [0.1, 0.15) is 0 Å². The van der Waals surface area contributed by atoms with E-state index >= 15 is 0 Å². The normalized spacial score (nSPS) is 42.6. The lowest BCUT2D eigenvalue weighted by Gasteiger charge is -2.66. The number of rotatable bonds is 1. The van der Waals surface area contributed by atoms with Crippen molar-refractivity contribution in [3.63, 3.8) is 0 Å². The lowest BCUT2D eigenvalue weighted by molar-refractivity contribution is -0.161. The molecule has 2 N–H and O–H groups in total. The topological polar surface area (TPSA) is 66.8 Å². The minimum absolute atomic E-state index is 0.00713. The first-order chi connectivity index (χ1) is 15.8. The fraction of sp³-hybridized carbons (Fsp3) is 0.633. The summed E-state index contributed by atoms with van der Waals surface area (Å²) in [5, 5.41) is 20.9. The van der Waals surface area contributed by atoms with Crippen LogP contribution < -0.4 is 0 Å². The van der Waals surface area contributed by atoms with Gasteiger partial charge in [0.05, 0.1) is 12.5 Å². The van der Waals surface area contributed by atoms with Gasteiger partial charge in [0.2, 0.25) is 0 Å². The molecule has 5 rings (SSSR count). The number of esters is 1. The lowest BCUT2D eigenvalue weighted by atomic mass is 9.37. The number of methoxy groups -OCH3 is 1. The minimum Gasteiger partial charge on any atom is -0.504 e. The zero-order valence-corrected chi connectivity index (χ0v) is 21.8. The van der Waals surface area contributed by atoms with E-state index in [1.807, 2.05) is 6.92 Å². The number of carbonyl (C=O) groups excluding carboxylic acids is 1. The van der Waals surface area contributed by atoms with Crippen LogP contribution in [-0.4, -0.2) is 23.3 Å². The third kappa shape index (κ3) is 2.69. The third-order valence-corrected chi connectivity index (χ3v) is 11.2. The van der Waals surface area contributed by atoms with Crippen LogP contribution in [0.4, 0.5) is 0 Å². The average Bonchev–Trinajstić information content (AvgIpc) is 2.79. The molecule has 34 heavy (non-hydrogen) atoms. The van der Waals surface area contributed by atoms with Crippen molar-refractivity contribution in [3.8, 4) is 11.5 Å². The number of carbonyl (C=O) groups is 1. The summed E-state index contributed by atoms with van der Waals surface area (Å²) in [6.45, 7) is 13.6. The lowest BCUT2D eigenvalue weighted by Crippen LogP contribution is -2.59. The largest absolute Gasteiger partial charge is 0.504 e. The number of fused-ring (bicyclic) bond motifs is 7. The molecule has 0 bridgehead atoms. The van der Waals surface area contributed by atoms with Crippen molar-refractivity contribution in [3.05, 3.63) is 40.5 Å². The van der Waals surface area contributed by atoms with Crippen molar-refractivity contribution < 1.29 is 19.7 Å². The SMILES string of the molecule is COC(=O)[C@]1(C)CC[C@]2(C)CC=C3[C@]4(C)C=Cc5c(cc(O)c(O)c5C)[C@]4(C)CC[C@@]3(C)[C@@H]2C1. The van der Waals surface area contributed by atoms with Crippen LogP contribution in [0.2, 0.25) is 0 Å². The smallest absolute Gasteiger partial charge is 0.311 e. The van der Waals surface area contributed by atoms with E-state index in [1.54, 1.807) is 6.07 Å². The summed E-state index contributed by atoms with van der Waals surface area (Å²) in [6.07, 6.45) is 12.9. The molecule has 1 aromatic rings. The van der Waals surface area contributed by atoms with Crippen LogP contribution in [0.15, 0.2) is 23.8 Å². The highest BCUT2D eigenvalue weighted by atomic mass is 16.5. The fourth-order valence-electron chi connectivity index (χ4n) is 8.56. The second-order valence-electron chi connectivity index (χ2n) is 12.9. The third-order valence-electron chi connectivity index (χ3n) is 11.2. The van der Waals surface area contributed by atoms with Gasteiger partial charge in [-0.1, -0.05) is 51.5 Å². The number of hydrogen-bond acceptors (Lipinski definition) is 4. The van der Waals surface area contributed by atoms with Gasteiger partial charge < -0.3 is 14.9 Å². The van der Waals surface area contributed by atoms with Crippen LogP contribution in [0.25, 0.3) is 6.08 Å². The molecule has 6 atom stereocenters. The molecule has 0 spiro atoms. The van der Waals surface area contributed by atoms with Gasteiger partial charge in [-0.05, 0) is 86.3 Å². The van der Waals surface area contributed by atoms with Crippen LogP contribution in [0.5, 0.6) is 11.5 Å². The van der Waals surface area contributed by atoms with E-state index in [-0.39, 0.29) is 39.1 Å². The quantitative estimate of drug-likeness (QED) is 0.272. The Labute approximate surface area is 204 Å². The molecule has 0 unspecified atom stereocenters. The van der Waals surface area contributed by atoms with E-state index in [9.17, 15) is 15.0 Å². The zero-order valence-electron chi connectivity index (χ0n) is 21.8. The molecule has 0 saturated heterocycles. The zero-order chi connectivity index (χ0) is 24.9. The summed E-state index contributed by atoms with van der Waals surface area (Å²) in [6, 6.07) is 1.80. The summed E-state index contributed by atoms with van der Waals surface area (Å²) in [5.74, 6) is 0.283. The van der Waals surface area contributed by atoms with Gasteiger partial charge in [-0.3, -0.25) is 4.79 Å². The molecule has 4 aliphatic rings. The Morgan fingerprint density at radius 2 is 1.76 bits per heavy atom. The first kappa shape index (κ1) is 23.5. The van der Waals surface area contributed by atoms with E-state index in [1.165, 1.54) is 12.7 Å². The highest BCUT2D eigenvalue weighted by Crippen LogP contribution is 2.72. The molecular weight excluding hydrogens is 424 g/mol. The van der Waals surface area contributed by atoms with Gasteiger partial charge in [0.15, 0.2) is 11.5 Å². The van der Waals surface area contributed by atoms with Gasteiger partial charge in [0.25, 0.3) is 0 Å². The summed E-state index contributed by atoms with van der Waals surface area (Å²) in [7, 11) is 1.52. The number of hydrogen-bond donors (Lipinski definition) is 2. The minimum atomic E-state index is -0.429.